The van der Waals surface area contributed by atoms with Crippen LogP contribution in [0.2, 0.25) is 0 Å². The van der Waals surface area contributed by atoms with Crippen LogP contribution in [0.3, 0.4) is 0 Å². The van der Waals surface area contributed by atoms with Gasteiger partial charge in [-0.1, -0.05) is 54.9 Å². The predicted molar refractivity (Wildman–Crippen MR) is 213 cm³/mol. The molecule has 1 heterocycles. The number of amides is 4. The zero-order chi connectivity index (χ0) is 44.4. The van der Waals surface area contributed by atoms with Gasteiger partial charge in [0.05, 0.1) is 47.6 Å². The van der Waals surface area contributed by atoms with Gasteiger partial charge < -0.3 is 24.6 Å². The molecule has 0 aromatic heterocycles. The quantitative estimate of drug-likeness (QED) is 0.176. The van der Waals surface area contributed by atoms with Crippen molar-refractivity contribution in [1.82, 2.24) is 19.4 Å². The number of carbonyl (C=O) groups is 5. The van der Waals surface area contributed by atoms with Crippen LogP contribution < -0.4 is 10.0 Å². The molecule has 1 aromatic rings. The summed E-state index contributed by atoms with van der Waals surface area (Å²) in [6, 6.07) is 2.31. The fraction of sp³-hybridized carbons (Fsp3) is 0.725. The first-order valence-electron chi connectivity index (χ1n) is 19.7. The molecule has 330 valence electrons. The van der Waals surface area contributed by atoms with Gasteiger partial charge in [0.1, 0.15) is 0 Å². The van der Waals surface area contributed by atoms with E-state index in [0.717, 1.165) is 24.3 Å². The lowest BCUT2D eigenvalue weighted by Gasteiger charge is -2.41. The van der Waals surface area contributed by atoms with Crippen LogP contribution in [0.4, 0.5) is 18.9 Å². The van der Waals surface area contributed by atoms with E-state index < -0.39 is 69.0 Å². The first-order chi connectivity index (χ1) is 26.8. The number of rotatable bonds is 21. The van der Waals surface area contributed by atoms with Crippen molar-refractivity contribution in [3.63, 3.8) is 0 Å². The Balaban J connectivity index is 2.27. The van der Waals surface area contributed by atoms with Gasteiger partial charge in [-0.25, -0.2) is 13.1 Å². The number of anilines is 1. The molecule has 1 saturated heterocycles. The minimum absolute atomic E-state index is 0.0134. The molecule has 18 heteroatoms. The summed E-state index contributed by atoms with van der Waals surface area (Å²) < 4.78 is 77.7. The van der Waals surface area contributed by atoms with E-state index in [9.17, 15) is 45.6 Å². The number of benzene rings is 1. The van der Waals surface area contributed by atoms with Gasteiger partial charge in [-0.15, -0.1) is 0 Å². The van der Waals surface area contributed by atoms with Gasteiger partial charge in [0, 0.05) is 45.8 Å². The largest absolute Gasteiger partial charge is 0.471 e. The molecule has 2 N–H and O–H groups in total. The first kappa shape index (κ1) is 50.5. The van der Waals surface area contributed by atoms with Crippen molar-refractivity contribution < 1.29 is 55.0 Å². The summed E-state index contributed by atoms with van der Waals surface area (Å²) in [5.74, 6) is -5.54. The number of Topliss-reactive ketones (excluding diaryl/α,β-unsaturated/α-hetero) is 1. The van der Waals surface area contributed by atoms with Crippen LogP contribution in [0.25, 0.3) is 0 Å². The lowest BCUT2D eigenvalue weighted by atomic mass is 9.83. The maximum Gasteiger partial charge on any atom is 0.471 e. The van der Waals surface area contributed by atoms with E-state index in [2.05, 4.69) is 0 Å². The monoisotopic (exact) mass is 847 g/mol. The number of ether oxygens (including phenoxy) is 2. The molecule has 1 unspecified atom stereocenters. The molecule has 1 fully saturated rings. The van der Waals surface area contributed by atoms with E-state index >= 15 is 0 Å². The third kappa shape index (κ3) is 12.9. The van der Waals surface area contributed by atoms with E-state index in [4.69, 9.17) is 9.47 Å². The molecule has 0 aliphatic carbocycles. The van der Waals surface area contributed by atoms with E-state index in [1.165, 1.54) is 21.1 Å². The number of halogens is 3. The lowest BCUT2D eigenvalue weighted by molar-refractivity contribution is -0.167. The standard InChI is InChI=1S/C40H64F3N5O9S/c1-13-25(6)35(47(10)38(52)29(23(2)3)21-31(49)34(24(4)5)46(8)9)32(56-11)22-33(50)48-20-14-15-30(48)36(57-12)26(7)37(51)45-58(54,55)28-18-16-27(17-19-28)44-39(53)40(41,42)43/h16-19,23-26,29-30,32,34-36H,13-15,20-22H2,1-12H3,(H,44,53)(H,45,51)/t25?,26-,29+,30+,32-,34+,35+,36-/m1/s1. The summed E-state index contributed by atoms with van der Waals surface area (Å²) in [6.07, 6.45) is -5.13. The van der Waals surface area contributed by atoms with Crippen molar-refractivity contribution in [3.05, 3.63) is 24.3 Å². The molecule has 0 radical (unpaired) electrons. The van der Waals surface area contributed by atoms with Gasteiger partial charge in [0.25, 0.3) is 10.0 Å². The van der Waals surface area contributed by atoms with Crippen LogP contribution in [-0.2, 0) is 43.5 Å². The van der Waals surface area contributed by atoms with Gasteiger partial charge in [0.2, 0.25) is 17.7 Å². The second-order valence-corrected chi connectivity index (χ2v) is 17.9. The highest BCUT2D eigenvalue weighted by Gasteiger charge is 2.44. The molecular weight excluding hydrogens is 784 g/mol. The van der Waals surface area contributed by atoms with Crippen LogP contribution in [0.15, 0.2) is 29.2 Å². The Morgan fingerprint density at radius 2 is 1.50 bits per heavy atom. The number of sulfonamides is 1. The number of alkyl halides is 3. The molecule has 58 heavy (non-hydrogen) atoms. The molecule has 4 amide bonds. The van der Waals surface area contributed by atoms with E-state index in [-0.39, 0.29) is 59.9 Å². The fourth-order valence-corrected chi connectivity index (χ4v) is 9.04. The molecule has 1 aliphatic heterocycles. The number of methoxy groups -OCH3 is 2. The summed E-state index contributed by atoms with van der Waals surface area (Å²) >= 11 is 0. The molecule has 8 atom stereocenters. The molecule has 1 aromatic carbocycles. The maximum atomic E-state index is 14.3. The van der Waals surface area contributed by atoms with Crippen molar-refractivity contribution >= 4 is 45.1 Å². The topological polar surface area (TPSA) is 172 Å². The van der Waals surface area contributed by atoms with Crippen molar-refractivity contribution in [2.24, 2.45) is 29.6 Å². The van der Waals surface area contributed by atoms with Crippen LogP contribution >= 0.6 is 0 Å². The molecule has 2 rings (SSSR count). The molecule has 0 spiro atoms. The third-order valence-electron chi connectivity index (χ3n) is 11.2. The van der Waals surface area contributed by atoms with Crippen molar-refractivity contribution in [2.75, 3.05) is 47.2 Å². The zero-order valence-electron chi connectivity index (χ0n) is 35.9. The highest BCUT2D eigenvalue weighted by atomic mass is 32.2. The van der Waals surface area contributed by atoms with Crippen molar-refractivity contribution in [1.29, 1.82) is 0 Å². The Bertz CT molecular complexity index is 1670. The third-order valence-corrected chi connectivity index (χ3v) is 12.6. The smallest absolute Gasteiger partial charge is 0.379 e. The van der Waals surface area contributed by atoms with E-state index in [0.29, 0.717) is 25.8 Å². The molecule has 0 bridgehead atoms. The van der Waals surface area contributed by atoms with Gasteiger partial charge in [-0.05, 0) is 69.0 Å². The Morgan fingerprint density at radius 3 is 1.97 bits per heavy atom. The SMILES string of the molecule is CCC(C)[C@@H]([C@@H](CC(=O)N1CCC[C@H]1[C@H](OC)[C@@H](C)C(=O)NS(=O)(=O)c1ccc(NC(=O)C(F)(F)F)cc1)OC)N(C)C(=O)[C@@H](CC(=O)[C@H](C(C)C)N(C)C)C(C)C. The second-order valence-electron chi connectivity index (χ2n) is 16.2. The van der Waals surface area contributed by atoms with Gasteiger partial charge in [0.15, 0.2) is 5.78 Å². The van der Waals surface area contributed by atoms with Crippen LogP contribution in [0, 0.1) is 29.6 Å². The minimum Gasteiger partial charge on any atom is -0.379 e. The van der Waals surface area contributed by atoms with Crippen LogP contribution in [-0.4, -0.2) is 131 Å². The summed E-state index contributed by atoms with van der Waals surface area (Å²) in [5.41, 5.74) is -0.303. The van der Waals surface area contributed by atoms with Crippen LogP contribution in [0.1, 0.15) is 80.6 Å². The highest BCUT2D eigenvalue weighted by Crippen LogP contribution is 2.31. The van der Waals surface area contributed by atoms with E-state index in [1.807, 2.05) is 65.3 Å². The molecule has 1 aliphatic rings. The number of hydrogen-bond acceptors (Lipinski definition) is 10. The summed E-state index contributed by atoms with van der Waals surface area (Å²) in [5, 5.41) is 1.62. The van der Waals surface area contributed by atoms with Crippen LogP contribution in [0.5, 0.6) is 0 Å². The van der Waals surface area contributed by atoms with E-state index in [1.54, 1.807) is 22.2 Å². The molecular formula is C40H64F3N5O9S. The number of likely N-dealkylation sites (N-methyl/N-ethyl adjacent to an activating group) is 2. The summed E-state index contributed by atoms with van der Waals surface area (Å²) in [4.78, 5) is 71.2. The number of nitrogens with one attached hydrogen (secondary N) is 2. The number of carbonyl (C=O) groups excluding carboxylic acids is 5. The highest BCUT2D eigenvalue weighted by molar-refractivity contribution is 7.90. The predicted octanol–water partition coefficient (Wildman–Crippen LogP) is 4.73. The maximum absolute atomic E-state index is 14.3. The summed E-state index contributed by atoms with van der Waals surface area (Å²) in [7, 11) is 3.73. The Hall–Kier alpha value is -3.61. The Labute approximate surface area is 342 Å². The first-order valence-corrected chi connectivity index (χ1v) is 21.2. The average Bonchev–Trinajstić information content (AvgIpc) is 3.62. The molecule has 14 nitrogen and oxygen atoms in total. The van der Waals surface area contributed by atoms with Crippen molar-refractivity contribution in [3.8, 4) is 0 Å². The summed E-state index contributed by atoms with van der Waals surface area (Å²) in [6.45, 7) is 13.6. The van der Waals surface area contributed by atoms with Gasteiger partial charge >= 0.3 is 12.1 Å². The number of ketones is 1. The Morgan fingerprint density at radius 1 is 0.914 bits per heavy atom. The number of likely N-dealkylation sites (tertiary alicyclic amines) is 1. The normalized spacial score (nSPS) is 18.7. The second kappa shape index (κ2) is 21.6. The van der Waals surface area contributed by atoms with Gasteiger partial charge in [-0.2, -0.15) is 13.2 Å². The average molecular weight is 848 g/mol. The van der Waals surface area contributed by atoms with Crippen molar-refractivity contribution in [2.45, 2.75) is 122 Å². The number of hydrogen-bond donors (Lipinski definition) is 2. The lowest BCUT2D eigenvalue weighted by Crippen LogP contribution is -2.54. The zero-order valence-corrected chi connectivity index (χ0v) is 36.7. The van der Waals surface area contributed by atoms with Gasteiger partial charge in [-0.3, -0.25) is 28.9 Å². The fourth-order valence-electron chi connectivity index (χ4n) is 7.97. The number of nitrogens with zero attached hydrogens (tertiary/aromatic N) is 3. The minimum atomic E-state index is -5.14. The Kier molecular flexibility index (Phi) is 18.8. The molecule has 0 saturated carbocycles.